The topological polar surface area (TPSA) is 21.3 Å². The molecule has 0 radical (unpaired) electrons. The number of ether oxygens (including phenoxy) is 1. The standard InChI is InChI=1S/C21H27NO/c1-23-21-15-9-8-14-19(21)22-20(18-12-6-3-7-13-18)16-17-10-4-2-5-11-17/h2-7,10-13,19-22H,8-9,14-16H2,1H3/t19-,20-,21-/m0/s1. The van der Waals surface area contributed by atoms with E-state index in [1.54, 1.807) is 0 Å². The Balaban J connectivity index is 1.77. The monoisotopic (exact) mass is 309 g/mol. The van der Waals surface area contributed by atoms with Gasteiger partial charge >= 0.3 is 0 Å². The van der Waals surface area contributed by atoms with Gasteiger partial charge in [-0.3, -0.25) is 0 Å². The molecule has 0 aliphatic heterocycles. The van der Waals surface area contributed by atoms with E-state index in [2.05, 4.69) is 66.0 Å². The molecule has 122 valence electrons. The van der Waals surface area contributed by atoms with E-state index in [9.17, 15) is 0 Å². The zero-order chi connectivity index (χ0) is 15.9. The molecule has 1 N–H and O–H groups in total. The maximum absolute atomic E-state index is 5.73. The van der Waals surface area contributed by atoms with Crippen molar-refractivity contribution in [2.75, 3.05) is 7.11 Å². The molecule has 0 aromatic heterocycles. The second-order valence-corrected chi connectivity index (χ2v) is 6.48. The molecule has 1 fully saturated rings. The van der Waals surface area contributed by atoms with Gasteiger partial charge in [0.2, 0.25) is 0 Å². The van der Waals surface area contributed by atoms with Crippen molar-refractivity contribution in [1.29, 1.82) is 0 Å². The summed E-state index contributed by atoms with van der Waals surface area (Å²) in [5, 5.41) is 3.90. The van der Waals surface area contributed by atoms with E-state index in [1.165, 1.54) is 36.8 Å². The molecule has 2 heteroatoms. The molecule has 1 aliphatic carbocycles. The van der Waals surface area contributed by atoms with E-state index in [0.29, 0.717) is 18.2 Å². The first-order chi connectivity index (χ1) is 11.4. The zero-order valence-corrected chi connectivity index (χ0v) is 13.9. The molecule has 3 atom stereocenters. The Morgan fingerprint density at radius 1 is 0.957 bits per heavy atom. The Morgan fingerprint density at radius 2 is 1.61 bits per heavy atom. The highest BCUT2D eigenvalue weighted by molar-refractivity contribution is 5.24. The molecule has 2 aromatic carbocycles. The Morgan fingerprint density at radius 3 is 2.30 bits per heavy atom. The summed E-state index contributed by atoms with van der Waals surface area (Å²) in [5.41, 5.74) is 2.73. The van der Waals surface area contributed by atoms with E-state index in [1.807, 2.05) is 7.11 Å². The molecule has 0 heterocycles. The Labute approximate surface area is 139 Å². The normalized spacial score (nSPS) is 22.7. The van der Waals surface area contributed by atoms with Gasteiger partial charge in [0.15, 0.2) is 0 Å². The van der Waals surface area contributed by atoms with Crippen molar-refractivity contribution in [2.24, 2.45) is 0 Å². The molecule has 1 aliphatic rings. The van der Waals surface area contributed by atoms with Crippen LogP contribution in [0.25, 0.3) is 0 Å². The second kappa shape index (κ2) is 8.28. The van der Waals surface area contributed by atoms with Crippen LogP contribution in [0.1, 0.15) is 42.9 Å². The lowest BCUT2D eigenvalue weighted by Gasteiger charge is -2.34. The predicted molar refractivity (Wildman–Crippen MR) is 95.5 cm³/mol. The highest BCUT2D eigenvalue weighted by Gasteiger charge is 2.27. The van der Waals surface area contributed by atoms with Crippen LogP contribution in [-0.2, 0) is 11.2 Å². The summed E-state index contributed by atoms with van der Waals surface area (Å²) >= 11 is 0. The number of rotatable bonds is 6. The molecule has 0 saturated heterocycles. The maximum atomic E-state index is 5.73. The third kappa shape index (κ3) is 4.43. The SMILES string of the molecule is CO[C@H]1CCCC[C@@H]1N[C@@H](Cc1ccccc1)c1ccccc1. The van der Waals surface area contributed by atoms with Gasteiger partial charge in [-0.15, -0.1) is 0 Å². The largest absolute Gasteiger partial charge is 0.380 e. The van der Waals surface area contributed by atoms with Crippen molar-refractivity contribution in [3.05, 3.63) is 71.8 Å². The Hall–Kier alpha value is -1.64. The van der Waals surface area contributed by atoms with Crippen molar-refractivity contribution in [2.45, 2.75) is 50.3 Å². The first-order valence-corrected chi connectivity index (χ1v) is 8.74. The van der Waals surface area contributed by atoms with Crippen molar-refractivity contribution < 1.29 is 4.74 Å². The summed E-state index contributed by atoms with van der Waals surface area (Å²) in [7, 11) is 1.85. The summed E-state index contributed by atoms with van der Waals surface area (Å²) in [5.74, 6) is 0. The molecule has 0 unspecified atom stereocenters. The smallest absolute Gasteiger partial charge is 0.0724 e. The van der Waals surface area contributed by atoms with Crippen LogP contribution < -0.4 is 5.32 Å². The predicted octanol–water partition coefficient (Wildman–Crippen LogP) is 4.52. The van der Waals surface area contributed by atoms with E-state index >= 15 is 0 Å². The summed E-state index contributed by atoms with van der Waals surface area (Å²) < 4.78 is 5.73. The van der Waals surface area contributed by atoms with Crippen LogP contribution in [0.2, 0.25) is 0 Å². The van der Waals surface area contributed by atoms with Crippen molar-refractivity contribution >= 4 is 0 Å². The second-order valence-electron chi connectivity index (χ2n) is 6.48. The molecular weight excluding hydrogens is 282 g/mol. The fraction of sp³-hybridized carbons (Fsp3) is 0.429. The fourth-order valence-electron chi connectivity index (χ4n) is 3.64. The number of hydrogen-bond acceptors (Lipinski definition) is 2. The maximum Gasteiger partial charge on any atom is 0.0724 e. The number of methoxy groups -OCH3 is 1. The fourth-order valence-corrected chi connectivity index (χ4v) is 3.64. The molecule has 2 nitrogen and oxygen atoms in total. The molecule has 0 bridgehead atoms. The van der Waals surface area contributed by atoms with Crippen LogP contribution in [0.4, 0.5) is 0 Å². The van der Waals surface area contributed by atoms with Crippen LogP contribution in [0, 0.1) is 0 Å². The lowest BCUT2D eigenvalue weighted by atomic mass is 9.90. The van der Waals surface area contributed by atoms with E-state index < -0.39 is 0 Å². The van der Waals surface area contributed by atoms with Crippen LogP contribution in [0.15, 0.2) is 60.7 Å². The lowest BCUT2D eigenvalue weighted by Crippen LogP contribution is -2.45. The summed E-state index contributed by atoms with van der Waals surface area (Å²) in [6, 6.07) is 22.3. The van der Waals surface area contributed by atoms with Crippen LogP contribution >= 0.6 is 0 Å². The highest BCUT2D eigenvalue weighted by Crippen LogP contribution is 2.26. The minimum atomic E-state index is 0.333. The molecule has 23 heavy (non-hydrogen) atoms. The Bertz CT molecular complexity index is 569. The van der Waals surface area contributed by atoms with Crippen LogP contribution in [-0.4, -0.2) is 19.3 Å². The van der Waals surface area contributed by atoms with Gasteiger partial charge in [0.25, 0.3) is 0 Å². The molecule has 2 aromatic rings. The minimum Gasteiger partial charge on any atom is -0.380 e. The third-order valence-corrected chi connectivity index (χ3v) is 4.91. The van der Waals surface area contributed by atoms with Crippen LogP contribution in [0.5, 0.6) is 0 Å². The Kier molecular flexibility index (Phi) is 5.84. The summed E-state index contributed by atoms with van der Waals surface area (Å²) in [6.07, 6.45) is 6.30. The van der Waals surface area contributed by atoms with Gasteiger partial charge in [-0.1, -0.05) is 73.5 Å². The average Bonchev–Trinajstić information content (AvgIpc) is 2.63. The summed E-state index contributed by atoms with van der Waals surface area (Å²) in [6.45, 7) is 0. The van der Waals surface area contributed by atoms with E-state index in [4.69, 9.17) is 4.74 Å². The third-order valence-electron chi connectivity index (χ3n) is 4.91. The quantitative estimate of drug-likeness (QED) is 0.847. The van der Waals surface area contributed by atoms with Gasteiger partial charge in [-0.25, -0.2) is 0 Å². The average molecular weight is 309 g/mol. The molecule has 0 spiro atoms. The van der Waals surface area contributed by atoms with Gasteiger partial charge in [-0.2, -0.15) is 0 Å². The molecule has 0 amide bonds. The first-order valence-electron chi connectivity index (χ1n) is 8.74. The van der Waals surface area contributed by atoms with Crippen LogP contribution in [0.3, 0.4) is 0 Å². The van der Waals surface area contributed by atoms with Gasteiger partial charge < -0.3 is 10.1 Å². The first kappa shape index (κ1) is 16.2. The molecular formula is C21H27NO. The number of benzene rings is 2. The molecule has 3 rings (SSSR count). The van der Waals surface area contributed by atoms with E-state index in [-0.39, 0.29) is 0 Å². The number of hydrogen-bond donors (Lipinski definition) is 1. The summed E-state index contributed by atoms with van der Waals surface area (Å²) in [4.78, 5) is 0. The highest BCUT2D eigenvalue weighted by atomic mass is 16.5. The van der Waals surface area contributed by atoms with Crippen molar-refractivity contribution in [3.63, 3.8) is 0 Å². The van der Waals surface area contributed by atoms with Crippen molar-refractivity contribution in [1.82, 2.24) is 5.32 Å². The van der Waals surface area contributed by atoms with Gasteiger partial charge in [-0.05, 0) is 30.4 Å². The zero-order valence-electron chi connectivity index (χ0n) is 13.9. The molecule has 1 saturated carbocycles. The minimum absolute atomic E-state index is 0.333. The van der Waals surface area contributed by atoms with E-state index in [0.717, 1.165) is 6.42 Å². The van der Waals surface area contributed by atoms with Gasteiger partial charge in [0.1, 0.15) is 0 Å². The van der Waals surface area contributed by atoms with Gasteiger partial charge in [0, 0.05) is 19.2 Å². The number of nitrogens with one attached hydrogen (secondary N) is 1. The lowest BCUT2D eigenvalue weighted by molar-refractivity contribution is 0.0376. The van der Waals surface area contributed by atoms with Gasteiger partial charge in [0.05, 0.1) is 6.10 Å². The van der Waals surface area contributed by atoms with Crippen molar-refractivity contribution in [3.8, 4) is 0 Å².